The zero-order valence-electron chi connectivity index (χ0n) is 21.3. The highest BCUT2D eigenvalue weighted by Crippen LogP contribution is 2.42. The molecule has 2 unspecified atom stereocenters. The van der Waals surface area contributed by atoms with Crippen LogP contribution < -0.4 is 24.7 Å². The maximum absolute atomic E-state index is 12.8. The zero-order chi connectivity index (χ0) is 25.8. The van der Waals surface area contributed by atoms with E-state index in [2.05, 4.69) is 63.1 Å². The average molecular weight is 491 g/mol. The second kappa shape index (κ2) is 8.51. The predicted molar refractivity (Wildman–Crippen MR) is 152 cm³/mol. The Morgan fingerprint density at radius 3 is 1.78 bits per heavy atom. The highest BCUT2D eigenvalue weighted by atomic mass is 16.3. The number of nitrogens with one attached hydrogen (secondary N) is 1. The molecule has 8 heteroatoms. The Hall–Kier alpha value is -4.59. The van der Waals surface area contributed by atoms with Gasteiger partial charge in [0.2, 0.25) is 5.96 Å². The lowest BCUT2D eigenvalue weighted by Crippen LogP contribution is -2.42. The van der Waals surface area contributed by atoms with Crippen LogP contribution in [0.4, 0.5) is 22.7 Å². The van der Waals surface area contributed by atoms with Crippen molar-refractivity contribution in [3.63, 3.8) is 0 Å². The Morgan fingerprint density at radius 2 is 1.22 bits per heavy atom. The van der Waals surface area contributed by atoms with Gasteiger partial charge in [0.05, 0.1) is 35.1 Å². The van der Waals surface area contributed by atoms with Gasteiger partial charge in [-0.15, -0.1) is 0 Å². The summed E-state index contributed by atoms with van der Waals surface area (Å²) in [5.74, 6) is -0.131. The number of nitrogens with zero attached hydrogens (tertiary/aromatic N) is 6. The van der Waals surface area contributed by atoms with E-state index >= 15 is 0 Å². The summed E-state index contributed by atoms with van der Waals surface area (Å²) in [6, 6.07) is 24.1. The zero-order valence-corrected chi connectivity index (χ0v) is 21.3. The van der Waals surface area contributed by atoms with Gasteiger partial charge in [-0.3, -0.25) is 10.3 Å². The van der Waals surface area contributed by atoms with Crippen molar-refractivity contribution in [1.29, 1.82) is 5.41 Å². The van der Waals surface area contributed by atoms with Crippen LogP contribution in [0, 0.1) is 5.41 Å². The Kier molecular flexibility index (Phi) is 5.26. The van der Waals surface area contributed by atoms with Crippen LogP contribution in [-0.2, 0) is 0 Å². The molecule has 37 heavy (non-hydrogen) atoms. The summed E-state index contributed by atoms with van der Waals surface area (Å²) < 4.78 is 0. The van der Waals surface area contributed by atoms with Crippen LogP contribution in [0.1, 0.15) is 13.8 Å². The first-order valence-corrected chi connectivity index (χ1v) is 12.3. The Morgan fingerprint density at radius 1 is 0.757 bits per heavy atom. The van der Waals surface area contributed by atoms with Crippen LogP contribution in [0.5, 0.6) is 0 Å². The maximum atomic E-state index is 12.8. The molecule has 0 radical (unpaired) electrons. The van der Waals surface area contributed by atoms with Crippen molar-refractivity contribution in [2.24, 2.45) is 9.98 Å². The fraction of sp³-hybridized carbons (Fsp3) is 0.207. The Bertz CT molecular complexity index is 1610. The summed E-state index contributed by atoms with van der Waals surface area (Å²) in [5, 5.41) is 26.0. The molecule has 0 aliphatic carbocycles. The second-order valence-electron chi connectivity index (χ2n) is 9.60. The van der Waals surface area contributed by atoms with E-state index in [1.54, 1.807) is 4.90 Å². The smallest absolute Gasteiger partial charge is 0.225 e. The molecule has 0 amide bonds. The third-order valence-electron chi connectivity index (χ3n) is 7.60. The van der Waals surface area contributed by atoms with Crippen molar-refractivity contribution in [2.75, 3.05) is 33.7 Å². The largest absolute Gasteiger partial charge is 0.844 e. The molecule has 0 fully saturated rings. The van der Waals surface area contributed by atoms with E-state index in [1.807, 2.05) is 62.3 Å². The second-order valence-corrected chi connectivity index (χ2v) is 9.60. The van der Waals surface area contributed by atoms with Gasteiger partial charge >= 0.3 is 0 Å². The number of hydrogen-bond donors (Lipinski definition) is 1. The third-order valence-corrected chi connectivity index (χ3v) is 7.60. The van der Waals surface area contributed by atoms with E-state index in [-0.39, 0.29) is 18.3 Å². The summed E-state index contributed by atoms with van der Waals surface area (Å²) in [5.41, 5.74) is 3.91. The standard InChI is InChI=1S/C29H29N7O/c1-18-33(3)24-13-20-9-5-7-11-22(20)15-26(24)35(18)17-31-29(37)32-28(30)36-19(2)34(4)25-14-21-10-6-8-12-23(21)16-27(25)36/h5-19H,1-4H3,(H2,30,32,37)/p-1/b31-17+. The number of anilines is 4. The van der Waals surface area contributed by atoms with Gasteiger partial charge in [-0.25, -0.2) is 9.98 Å². The van der Waals surface area contributed by atoms with Crippen LogP contribution in [0.25, 0.3) is 21.5 Å². The maximum Gasteiger partial charge on any atom is 0.225 e. The van der Waals surface area contributed by atoms with Gasteiger partial charge in [0.1, 0.15) is 12.3 Å². The van der Waals surface area contributed by atoms with Crippen LogP contribution in [0.2, 0.25) is 0 Å². The minimum atomic E-state index is -0.710. The van der Waals surface area contributed by atoms with E-state index in [4.69, 9.17) is 5.41 Å². The number of aliphatic imine (C=N–C) groups is 2. The average Bonchev–Trinajstić information content (AvgIpc) is 3.28. The number of fused-ring (bicyclic) bond motifs is 4. The molecule has 186 valence electrons. The van der Waals surface area contributed by atoms with Gasteiger partial charge in [0.15, 0.2) is 0 Å². The van der Waals surface area contributed by atoms with E-state index in [9.17, 15) is 5.11 Å². The van der Waals surface area contributed by atoms with Gasteiger partial charge in [-0.1, -0.05) is 48.5 Å². The molecule has 4 aromatic carbocycles. The quantitative estimate of drug-likeness (QED) is 0.312. The minimum absolute atomic E-state index is 0.0183. The van der Waals surface area contributed by atoms with Gasteiger partial charge in [0, 0.05) is 14.1 Å². The van der Waals surface area contributed by atoms with Gasteiger partial charge in [0.25, 0.3) is 0 Å². The lowest BCUT2D eigenvalue weighted by atomic mass is 10.1. The van der Waals surface area contributed by atoms with E-state index in [0.29, 0.717) is 0 Å². The molecular formula is C29H28N7O-. The summed E-state index contributed by atoms with van der Waals surface area (Å²) in [6.45, 7) is 4.05. The summed E-state index contributed by atoms with van der Waals surface area (Å²) in [6.07, 6.45) is 1.35. The normalized spacial score (nSPS) is 19.4. The number of amidine groups is 1. The lowest BCUT2D eigenvalue weighted by Gasteiger charge is -2.26. The topological polar surface area (TPSA) is 84.6 Å². The number of rotatable bonds is 1. The molecule has 0 spiro atoms. The predicted octanol–water partition coefficient (Wildman–Crippen LogP) is 4.58. The molecule has 2 heterocycles. The summed E-state index contributed by atoms with van der Waals surface area (Å²) in [4.78, 5) is 16.1. The SMILES string of the molecule is CC1N(C)c2cc3ccccc3cc2N1/C=N/C([O-])=N\C(=N)N1c2cc3ccccc3cc2N(C)C1C. The van der Waals surface area contributed by atoms with Gasteiger partial charge in [-0.2, -0.15) is 0 Å². The summed E-state index contributed by atoms with van der Waals surface area (Å²) >= 11 is 0. The fourth-order valence-electron chi connectivity index (χ4n) is 5.30. The monoisotopic (exact) mass is 490 g/mol. The molecule has 2 aliphatic heterocycles. The van der Waals surface area contributed by atoms with Crippen molar-refractivity contribution >= 4 is 62.6 Å². The summed E-state index contributed by atoms with van der Waals surface area (Å²) in [7, 11) is 4.01. The molecule has 2 atom stereocenters. The molecule has 1 N–H and O–H groups in total. The van der Waals surface area contributed by atoms with Crippen LogP contribution >= 0.6 is 0 Å². The molecule has 6 rings (SSSR count). The molecule has 0 aromatic heterocycles. The minimum Gasteiger partial charge on any atom is -0.844 e. The molecule has 0 bridgehead atoms. The van der Waals surface area contributed by atoms with Gasteiger partial charge < -0.3 is 19.8 Å². The molecular weight excluding hydrogens is 462 g/mol. The van der Waals surface area contributed by atoms with Crippen molar-refractivity contribution < 1.29 is 5.11 Å². The van der Waals surface area contributed by atoms with Crippen molar-refractivity contribution in [1.82, 2.24) is 0 Å². The third kappa shape index (κ3) is 3.64. The highest BCUT2D eigenvalue weighted by molar-refractivity contribution is 6.08. The molecule has 8 nitrogen and oxygen atoms in total. The van der Waals surface area contributed by atoms with Crippen molar-refractivity contribution in [2.45, 2.75) is 26.2 Å². The first-order valence-electron chi connectivity index (χ1n) is 12.3. The van der Waals surface area contributed by atoms with Crippen LogP contribution in [-0.4, -0.2) is 44.7 Å². The van der Waals surface area contributed by atoms with Crippen molar-refractivity contribution in [3.05, 3.63) is 72.8 Å². The molecule has 4 aromatic rings. The van der Waals surface area contributed by atoms with Crippen molar-refractivity contribution in [3.8, 4) is 0 Å². The molecule has 0 saturated heterocycles. The van der Waals surface area contributed by atoms with E-state index < -0.39 is 6.02 Å². The Labute approximate surface area is 215 Å². The fourth-order valence-corrected chi connectivity index (χ4v) is 5.30. The number of hydrogen-bond acceptors (Lipinski definition) is 4. The van der Waals surface area contributed by atoms with E-state index in [1.165, 1.54) is 6.34 Å². The Balaban J connectivity index is 1.29. The first-order chi connectivity index (χ1) is 17.8. The van der Waals surface area contributed by atoms with Crippen LogP contribution in [0.3, 0.4) is 0 Å². The first kappa shape index (κ1) is 22.8. The lowest BCUT2D eigenvalue weighted by molar-refractivity contribution is -0.216. The highest BCUT2D eigenvalue weighted by Gasteiger charge is 2.33. The van der Waals surface area contributed by atoms with E-state index in [0.717, 1.165) is 44.3 Å². The molecule has 0 saturated carbocycles. The number of benzene rings is 4. The van der Waals surface area contributed by atoms with Gasteiger partial charge in [-0.05, 0) is 59.7 Å². The van der Waals surface area contributed by atoms with Crippen LogP contribution in [0.15, 0.2) is 82.8 Å². The number of guanidine groups is 1. The molecule has 2 aliphatic rings.